The summed E-state index contributed by atoms with van der Waals surface area (Å²) >= 11 is 0. The van der Waals surface area contributed by atoms with E-state index in [0.717, 1.165) is 63.0 Å². The summed E-state index contributed by atoms with van der Waals surface area (Å²) in [7, 11) is 1.81. The molecule has 2 aromatic heterocycles. The zero-order chi connectivity index (χ0) is 20.8. The largest absolute Gasteiger partial charge is 0.459 e. The Hall–Kier alpha value is -2.11. The molecule has 10 heteroatoms. The Balaban J connectivity index is 0.00000272. The summed E-state index contributed by atoms with van der Waals surface area (Å²) in [5.74, 6) is 3.49. The van der Waals surface area contributed by atoms with Gasteiger partial charge in [-0.1, -0.05) is 6.42 Å². The highest BCUT2D eigenvalue weighted by Crippen LogP contribution is 2.15. The van der Waals surface area contributed by atoms with Gasteiger partial charge in [0.15, 0.2) is 11.7 Å². The van der Waals surface area contributed by atoms with Crippen LogP contribution in [0.3, 0.4) is 0 Å². The summed E-state index contributed by atoms with van der Waals surface area (Å²) in [6.45, 7) is 4.71. The number of furan rings is 1. The van der Waals surface area contributed by atoms with Gasteiger partial charge in [0.1, 0.15) is 11.6 Å². The molecule has 0 aliphatic carbocycles. The SMILES string of the molecule is CN=C(NCCCc1nnc2n1CCCCC2)N1CCN(C(=O)c2ccco2)CC1.I. The van der Waals surface area contributed by atoms with Crippen LogP contribution in [-0.4, -0.2) is 76.2 Å². The van der Waals surface area contributed by atoms with Crippen LogP contribution >= 0.6 is 24.0 Å². The topological polar surface area (TPSA) is 91.8 Å². The van der Waals surface area contributed by atoms with Gasteiger partial charge in [0, 0.05) is 59.2 Å². The first-order chi connectivity index (χ1) is 14.8. The van der Waals surface area contributed by atoms with E-state index >= 15 is 0 Å². The summed E-state index contributed by atoms with van der Waals surface area (Å²) in [5.41, 5.74) is 0. The van der Waals surface area contributed by atoms with Crippen LogP contribution in [-0.2, 0) is 19.4 Å². The van der Waals surface area contributed by atoms with Gasteiger partial charge in [0.2, 0.25) is 0 Å². The van der Waals surface area contributed by atoms with E-state index < -0.39 is 0 Å². The molecule has 0 bridgehead atoms. The molecule has 170 valence electrons. The molecule has 0 radical (unpaired) electrons. The zero-order valence-electron chi connectivity index (χ0n) is 18.1. The Labute approximate surface area is 200 Å². The maximum Gasteiger partial charge on any atom is 0.289 e. The van der Waals surface area contributed by atoms with Gasteiger partial charge in [-0.25, -0.2) is 0 Å². The average molecular weight is 541 g/mol. The number of nitrogens with one attached hydrogen (secondary N) is 1. The van der Waals surface area contributed by atoms with Gasteiger partial charge in [0.25, 0.3) is 5.91 Å². The number of halogens is 1. The third-order valence-corrected chi connectivity index (χ3v) is 5.86. The molecule has 2 aliphatic rings. The highest BCUT2D eigenvalue weighted by atomic mass is 127. The van der Waals surface area contributed by atoms with Gasteiger partial charge < -0.3 is 24.1 Å². The third-order valence-electron chi connectivity index (χ3n) is 5.86. The van der Waals surface area contributed by atoms with Crippen LogP contribution in [0, 0.1) is 0 Å². The summed E-state index contributed by atoms with van der Waals surface area (Å²) in [6, 6.07) is 3.45. The minimum atomic E-state index is -0.0463. The van der Waals surface area contributed by atoms with Gasteiger partial charge in [-0.15, -0.1) is 34.2 Å². The number of fused-ring (bicyclic) bond motifs is 1. The van der Waals surface area contributed by atoms with E-state index in [-0.39, 0.29) is 29.9 Å². The normalized spacial score (nSPS) is 17.0. The van der Waals surface area contributed by atoms with Crippen molar-refractivity contribution in [1.82, 2.24) is 29.9 Å². The number of carbonyl (C=O) groups excluding carboxylic acids is 1. The van der Waals surface area contributed by atoms with Gasteiger partial charge in [-0.05, 0) is 31.4 Å². The number of rotatable bonds is 5. The number of hydrogen-bond acceptors (Lipinski definition) is 5. The fraction of sp³-hybridized carbons (Fsp3) is 0.619. The van der Waals surface area contributed by atoms with Crippen molar-refractivity contribution in [1.29, 1.82) is 0 Å². The monoisotopic (exact) mass is 541 g/mol. The summed E-state index contributed by atoms with van der Waals surface area (Å²) in [6.07, 6.45) is 8.20. The summed E-state index contributed by atoms with van der Waals surface area (Å²) in [4.78, 5) is 20.9. The lowest BCUT2D eigenvalue weighted by molar-refractivity contribution is 0.0658. The molecule has 1 N–H and O–H groups in total. The molecule has 4 rings (SSSR count). The van der Waals surface area contributed by atoms with Crippen molar-refractivity contribution < 1.29 is 9.21 Å². The molecule has 0 spiro atoms. The smallest absolute Gasteiger partial charge is 0.289 e. The number of guanidine groups is 1. The molecule has 1 saturated heterocycles. The maximum absolute atomic E-state index is 12.4. The standard InChI is InChI=1S/C21H31N7O2.HI/c1-22-21(27-14-12-26(13-15-27)20(29)17-7-6-16-30-17)23-10-5-9-19-25-24-18-8-3-2-4-11-28(18)19;/h6-7,16H,2-5,8-15H2,1H3,(H,22,23);1H. The van der Waals surface area contributed by atoms with Gasteiger partial charge in [-0.3, -0.25) is 9.79 Å². The minimum absolute atomic E-state index is 0. The van der Waals surface area contributed by atoms with Crippen LogP contribution in [0.5, 0.6) is 0 Å². The molecule has 1 fully saturated rings. The van der Waals surface area contributed by atoms with Crippen LogP contribution in [0.25, 0.3) is 0 Å². The van der Waals surface area contributed by atoms with Crippen LogP contribution in [0.2, 0.25) is 0 Å². The highest BCUT2D eigenvalue weighted by Gasteiger charge is 2.25. The van der Waals surface area contributed by atoms with Crippen LogP contribution in [0.15, 0.2) is 27.8 Å². The van der Waals surface area contributed by atoms with Gasteiger partial charge >= 0.3 is 0 Å². The molecule has 2 aromatic rings. The maximum atomic E-state index is 12.4. The number of aromatic nitrogens is 3. The second-order valence-electron chi connectivity index (χ2n) is 7.83. The van der Waals surface area contributed by atoms with E-state index in [0.29, 0.717) is 18.8 Å². The van der Waals surface area contributed by atoms with E-state index in [1.807, 2.05) is 4.90 Å². The Morgan fingerprint density at radius 2 is 1.94 bits per heavy atom. The Kier molecular flexibility index (Phi) is 8.73. The number of amides is 1. The molecule has 4 heterocycles. The van der Waals surface area contributed by atoms with Crippen molar-refractivity contribution in [2.75, 3.05) is 39.8 Å². The average Bonchev–Trinajstić information content (AvgIpc) is 3.39. The molecule has 2 aliphatic heterocycles. The molecule has 9 nitrogen and oxygen atoms in total. The lowest BCUT2D eigenvalue weighted by Gasteiger charge is -2.36. The third kappa shape index (κ3) is 5.78. The summed E-state index contributed by atoms with van der Waals surface area (Å²) in [5, 5.41) is 12.3. The number of aliphatic imine (C=N–C) groups is 1. The van der Waals surface area contributed by atoms with Gasteiger partial charge in [0.05, 0.1) is 6.26 Å². The van der Waals surface area contributed by atoms with E-state index in [1.165, 1.54) is 25.5 Å². The first-order valence-electron chi connectivity index (χ1n) is 11.0. The van der Waals surface area contributed by atoms with Crippen molar-refractivity contribution in [3.8, 4) is 0 Å². The fourth-order valence-corrected chi connectivity index (χ4v) is 4.19. The van der Waals surface area contributed by atoms with Crippen LogP contribution in [0.4, 0.5) is 0 Å². The molecule has 0 aromatic carbocycles. The molecular weight excluding hydrogens is 509 g/mol. The van der Waals surface area contributed by atoms with Crippen molar-refractivity contribution in [3.63, 3.8) is 0 Å². The van der Waals surface area contributed by atoms with Crippen molar-refractivity contribution >= 4 is 35.8 Å². The Morgan fingerprint density at radius 1 is 1.13 bits per heavy atom. The van der Waals surface area contributed by atoms with Crippen LogP contribution < -0.4 is 5.32 Å². The lowest BCUT2D eigenvalue weighted by atomic mass is 10.2. The lowest BCUT2D eigenvalue weighted by Crippen LogP contribution is -2.53. The number of carbonyl (C=O) groups is 1. The molecule has 0 saturated carbocycles. The molecule has 0 atom stereocenters. The number of hydrogen-bond donors (Lipinski definition) is 1. The fourth-order valence-electron chi connectivity index (χ4n) is 4.19. The second kappa shape index (κ2) is 11.5. The van der Waals surface area contributed by atoms with Crippen molar-refractivity contribution in [2.45, 2.75) is 45.1 Å². The minimum Gasteiger partial charge on any atom is -0.459 e. The quantitative estimate of drug-likeness (QED) is 0.270. The van der Waals surface area contributed by atoms with Crippen molar-refractivity contribution in [3.05, 3.63) is 35.8 Å². The molecule has 0 unspecified atom stereocenters. The highest BCUT2D eigenvalue weighted by molar-refractivity contribution is 14.0. The molecule has 1 amide bonds. The van der Waals surface area contributed by atoms with E-state index in [4.69, 9.17) is 4.42 Å². The van der Waals surface area contributed by atoms with E-state index in [1.54, 1.807) is 19.2 Å². The number of nitrogens with zero attached hydrogens (tertiary/aromatic N) is 6. The van der Waals surface area contributed by atoms with E-state index in [2.05, 4.69) is 30.0 Å². The first-order valence-corrected chi connectivity index (χ1v) is 11.0. The predicted molar refractivity (Wildman–Crippen MR) is 129 cm³/mol. The van der Waals surface area contributed by atoms with Crippen LogP contribution in [0.1, 0.15) is 47.9 Å². The Morgan fingerprint density at radius 3 is 2.68 bits per heavy atom. The molecule has 31 heavy (non-hydrogen) atoms. The summed E-state index contributed by atoms with van der Waals surface area (Å²) < 4.78 is 7.55. The zero-order valence-corrected chi connectivity index (χ0v) is 20.5. The second-order valence-corrected chi connectivity index (χ2v) is 7.83. The van der Waals surface area contributed by atoms with Gasteiger partial charge in [-0.2, -0.15) is 0 Å². The Bertz CT molecular complexity index is 857. The first kappa shape index (κ1) is 23.6. The van der Waals surface area contributed by atoms with Crippen molar-refractivity contribution in [2.24, 2.45) is 4.99 Å². The van der Waals surface area contributed by atoms with E-state index in [9.17, 15) is 4.79 Å². The number of aryl methyl sites for hydroxylation is 2. The molecular formula is C21H32IN7O2. The number of piperazine rings is 1. The predicted octanol–water partition coefficient (Wildman–Crippen LogP) is 2.18.